The smallest absolute Gasteiger partial charge is 0.251 e. The number of thiazole rings is 1. The molecule has 0 saturated carbocycles. The number of amides is 3. The maximum Gasteiger partial charge on any atom is 0.251 e. The minimum absolute atomic E-state index is 0.00221. The number of hydrogen-bond acceptors (Lipinski definition) is 5. The fourth-order valence-electron chi connectivity index (χ4n) is 3.07. The second-order valence-corrected chi connectivity index (χ2v) is 9.67. The van der Waals surface area contributed by atoms with Gasteiger partial charge in [-0.05, 0) is 42.2 Å². The monoisotopic (exact) mass is 464 g/mol. The van der Waals surface area contributed by atoms with E-state index in [0.717, 1.165) is 11.1 Å². The van der Waals surface area contributed by atoms with Gasteiger partial charge < -0.3 is 16.0 Å². The fraction of sp³-hybridized carbons (Fsp3) is 0.280. The molecule has 3 N–H and O–H groups in total. The summed E-state index contributed by atoms with van der Waals surface area (Å²) in [5.74, 6) is -0.793. The van der Waals surface area contributed by atoms with E-state index in [1.165, 1.54) is 18.3 Å². The van der Waals surface area contributed by atoms with Crippen LogP contribution < -0.4 is 16.0 Å². The molecule has 3 rings (SSSR count). The van der Waals surface area contributed by atoms with Crippen molar-refractivity contribution in [2.45, 2.75) is 46.1 Å². The van der Waals surface area contributed by atoms with Crippen molar-refractivity contribution in [1.29, 1.82) is 0 Å². The molecule has 0 bridgehead atoms. The molecule has 7 nitrogen and oxygen atoms in total. The average molecular weight is 465 g/mol. The summed E-state index contributed by atoms with van der Waals surface area (Å²) in [6.07, 6.45) is 0. The van der Waals surface area contributed by atoms with Crippen molar-refractivity contribution in [2.75, 3.05) is 10.6 Å². The van der Waals surface area contributed by atoms with Gasteiger partial charge in [0.25, 0.3) is 5.91 Å². The Morgan fingerprint density at radius 3 is 2.15 bits per heavy atom. The molecule has 1 heterocycles. The van der Waals surface area contributed by atoms with E-state index in [9.17, 15) is 14.4 Å². The number of carbonyl (C=O) groups excluding carboxylic acids is 3. The van der Waals surface area contributed by atoms with E-state index in [1.54, 1.807) is 31.2 Å². The summed E-state index contributed by atoms with van der Waals surface area (Å²) in [6.45, 7) is 9.42. The average Bonchev–Trinajstić information content (AvgIpc) is 3.21. The number of nitrogens with one attached hydrogen (secondary N) is 3. The molecule has 1 aromatic heterocycles. The Morgan fingerprint density at radius 1 is 0.939 bits per heavy atom. The Bertz CT molecular complexity index is 1150. The Morgan fingerprint density at radius 2 is 1.58 bits per heavy atom. The topological polar surface area (TPSA) is 100 Å². The van der Waals surface area contributed by atoms with E-state index in [2.05, 4.69) is 41.7 Å². The van der Waals surface area contributed by atoms with Crippen LogP contribution in [0.25, 0.3) is 11.3 Å². The molecule has 0 radical (unpaired) electrons. The minimum atomic E-state index is -0.732. The van der Waals surface area contributed by atoms with Crippen LogP contribution >= 0.6 is 11.3 Å². The highest BCUT2D eigenvalue weighted by Gasteiger charge is 2.19. The summed E-state index contributed by atoms with van der Waals surface area (Å²) >= 11 is 1.30. The van der Waals surface area contributed by atoms with Gasteiger partial charge in [-0.25, -0.2) is 4.98 Å². The summed E-state index contributed by atoms with van der Waals surface area (Å²) in [5.41, 5.74) is 3.91. The number of nitrogens with zero attached hydrogens (tertiary/aromatic N) is 1. The van der Waals surface area contributed by atoms with Crippen molar-refractivity contribution >= 4 is 39.9 Å². The fourth-order valence-corrected chi connectivity index (χ4v) is 3.79. The minimum Gasteiger partial charge on any atom is -0.341 e. The second kappa shape index (κ2) is 9.95. The standard InChI is InChI=1S/C25H28N4O3S/c1-15(26-23(32)18-6-10-19(11-7-18)25(3,4)5)22(31)29-24-28-21(14-33-24)17-8-12-20(13-9-17)27-16(2)30/h6-15H,1-5H3,(H,26,32)(H,27,30)(H,28,29,31)/t15-/m0/s1. The third kappa shape index (κ3) is 6.49. The Hall–Kier alpha value is -3.52. The predicted octanol–water partition coefficient (Wildman–Crippen LogP) is 4.82. The third-order valence-electron chi connectivity index (χ3n) is 4.99. The van der Waals surface area contributed by atoms with Crippen LogP contribution in [0.5, 0.6) is 0 Å². The molecular weight excluding hydrogens is 436 g/mol. The molecule has 1 atom stereocenters. The van der Waals surface area contributed by atoms with Crippen LogP contribution in [0.1, 0.15) is 50.5 Å². The molecule has 33 heavy (non-hydrogen) atoms. The largest absolute Gasteiger partial charge is 0.341 e. The van der Waals surface area contributed by atoms with Crippen LogP contribution in [0.3, 0.4) is 0 Å². The van der Waals surface area contributed by atoms with Gasteiger partial charge in [-0.15, -0.1) is 11.3 Å². The van der Waals surface area contributed by atoms with Crippen molar-refractivity contribution in [2.24, 2.45) is 0 Å². The predicted molar refractivity (Wildman–Crippen MR) is 133 cm³/mol. The first-order chi connectivity index (χ1) is 15.5. The van der Waals surface area contributed by atoms with Crippen molar-refractivity contribution in [3.63, 3.8) is 0 Å². The summed E-state index contributed by atoms with van der Waals surface area (Å²) in [5, 5.41) is 10.5. The zero-order chi connectivity index (χ0) is 24.2. The maximum absolute atomic E-state index is 12.6. The second-order valence-electron chi connectivity index (χ2n) is 8.81. The lowest BCUT2D eigenvalue weighted by atomic mass is 9.86. The van der Waals surface area contributed by atoms with Crippen molar-refractivity contribution in [3.8, 4) is 11.3 Å². The highest BCUT2D eigenvalue weighted by Crippen LogP contribution is 2.26. The lowest BCUT2D eigenvalue weighted by Crippen LogP contribution is -2.41. The lowest BCUT2D eigenvalue weighted by molar-refractivity contribution is -0.117. The number of carbonyl (C=O) groups is 3. The highest BCUT2D eigenvalue weighted by atomic mass is 32.1. The summed E-state index contributed by atoms with van der Waals surface area (Å²) in [7, 11) is 0. The number of hydrogen-bond donors (Lipinski definition) is 3. The van der Waals surface area contributed by atoms with E-state index in [0.29, 0.717) is 22.1 Å². The van der Waals surface area contributed by atoms with Crippen molar-refractivity contribution < 1.29 is 14.4 Å². The van der Waals surface area contributed by atoms with Crippen LogP contribution in [-0.2, 0) is 15.0 Å². The van der Waals surface area contributed by atoms with Crippen LogP contribution in [0.2, 0.25) is 0 Å². The first-order valence-electron chi connectivity index (χ1n) is 10.6. The van der Waals surface area contributed by atoms with Gasteiger partial charge in [0.15, 0.2) is 5.13 Å². The number of rotatable bonds is 6. The van der Waals surface area contributed by atoms with Crippen LogP contribution in [0.15, 0.2) is 53.9 Å². The normalized spacial score (nSPS) is 12.0. The van der Waals surface area contributed by atoms with Gasteiger partial charge in [-0.1, -0.05) is 45.0 Å². The number of benzene rings is 2. The molecule has 0 unspecified atom stereocenters. The van der Waals surface area contributed by atoms with Crippen LogP contribution in [0.4, 0.5) is 10.8 Å². The Kier molecular flexibility index (Phi) is 7.28. The Labute approximate surface area is 197 Å². The van der Waals surface area contributed by atoms with Gasteiger partial charge in [0, 0.05) is 29.1 Å². The Balaban J connectivity index is 1.58. The van der Waals surface area contributed by atoms with Gasteiger partial charge in [0.1, 0.15) is 6.04 Å². The summed E-state index contributed by atoms with van der Waals surface area (Å²) in [4.78, 5) is 40.7. The van der Waals surface area contributed by atoms with E-state index in [1.807, 2.05) is 29.6 Å². The zero-order valence-electron chi connectivity index (χ0n) is 19.4. The molecule has 0 aliphatic rings. The number of anilines is 2. The van der Waals surface area contributed by atoms with E-state index in [4.69, 9.17) is 0 Å². The van der Waals surface area contributed by atoms with Gasteiger partial charge in [0.2, 0.25) is 11.8 Å². The molecule has 0 fully saturated rings. The van der Waals surface area contributed by atoms with Crippen LogP contribution in [-0.4, -0.2) is 28.7 Å². The molecule has 3 aromatic rings. The highest BCUT2D eigenvalue weighted by molar-refractivity contribution is 7.14. The summed E-state index contributed by atoms with van der Waals surface area (Å²) in [6, 6.07) is 13.9. The van der Waals surface area contributed by atoms with Crippen molar-refractivity contribution in [1.82, 2.24) is 10.3 Å². The SMILES string of the molecule is CC(=O)Nc1ccc(-c2csc(NC(=O)[C@H](C)NC(=O)c3ccc(C(C)(C)C)cc3)n2)cc1. The van der Waals surface area contributed by atoms with E-state index >= 15 is 0 Å². The lowest BCUT2D eigenvalue weighted by Gasteiger charge is -2.19. The molecule has 0 aliphatic heterocycles. The molecule has 172 valence electrons. The third-order valence-corrected chi connectivity index (χ3v) is 5.75. The molecule has 8 heteroatoms. The van der Waals surface area contributed by atoms with Crippen LogP contribution in [0, 0.1) is 0 Å². The molecular formula is C25H28N4O3S. The first-order valence-corrected chi connectivity index (χ1v) is 11.5. The maximum atomic E-state index is 12.6. The molecule has 2 aromatic carbocycles. The number of aromatic nitrogens is 1. The van der Waals surface area contributed by atoms with Gasteiger partial charge in [-0.2, -0.15) is 0 Å². The van der Waals surface area contributed by atoms with Gasteiger partial charge >= 0.3 is 0 Å². The first kappa shape index (κ1) is 24.1. The van der Waals surface area contributed by atoms with Gasteiger partial charge in [0.05, 0.1) is 5.69 Å². The van der Waals surface area contributed by atoms with E-state index < -0.39 is 6.04 Å². The zero-order valence-corrected chi connectivity index (χ0v) is 20.2. The molecule has 0 aliphatic carbocycles. The van der Waals surface area contributed by atoms with E-state index in [-0.39, 0.29) is 23.1 Å². The van der Waals surface area contributed by atoms with Crippen molar-refractivity contribution in [3.05, 3.63) is 65.0 Å². The quantitative estimate of drug-likeness (QED) is 0.487. The summed E-state index contributed by atoms with van der Waals surface area (Å²) < 4.78 is 0. The van der Waals surface area contributed by atoms with Gasteiger partial charge in [-0.3, -0.25) is 14.4 Å². The molecule has 3 amide bonds. The molecule has 0 spiro atoms. The molecule has 0 saturated heterocycles.